The first-order valence-corrected chi connectivity index (χ1v) is 3.83. The molecule has 0 saturated carbocycles. The Morgan fingerprint density at radius 1 is 1.18 bits per heavy atom. The quantitative estimate of drug-likeness (QED) is 0.683. The van der Waals surface area contributed by atoms with Gasteiger partial charge in [0.15, 0.2) is 0 Å². The number of hydrogen-bond donors (Lipinski definition) is 1. The molecule has 1 nitrogen and oxygen atoms in total. The van der Waals surface area contributed by atoms with Crippen molar-refractivity contribution in [2.75, 3.05) is 0 Å². The summed E-state index contributed by atoms with van der Waals surface area (Å²) in [5.41, 5.74) is 7.95. The maximum Gasteiger partial charge on any atom is 0.0178 e. The van der Waals surface area contributed by atoms with Crippen molar-refractivity contribution in [1.82, 2.24) is 0 Å². The van der Waals surface area contributed by atoms with Gasteiger partial charge in [-0.2, -0.15) is 0 Å². The van der Waals surface area contributed by atoms with Gasteiger partial charge in [0, 0.05) is 6.54 Å². The van der Waals surface area contributed by atoms with Crippen LogP contribution in [-0.4, -0.2) is 0 Å². The normalized spacial score (nSPS) is 10.5. The molecule has 59 valence electrons. The molecule has 0 unspecified atom stereocenters. The Kier molecular flexibility index (Phi) is 2.66. The molecule has 0 bridgehead atoms. The van der Waals surface area contributed by atoms with E-state index in [1.54, 1.807) is 0 Å². The minimum atomic E-state index is 0.628. The highest BCUT2D eigenvalue weighted by Gasteiger charge is 1.97. The molecule has 1 aromatic rings. The van der Waals surface area contributed by atoms with Gasteiger partial charge in [-0.15, -0.1) is 0 Å². The molecule has 2 N–H and O–H groups in total. The Morgan fingerprint density at radius 2 is 1.73 bits per heavy atom. The first kappa shape index (κ1) is 8.28. The van der Waals surface area contributed by atoms with E-state index in [4.69, 9.17) is 5.73 Å². The summed E-state index contributed by atoms with van der Waals surface area (Å²) in [5.74, 6) is 1.34. The van der Waals surface area contributed by atoms with Crippen molar-refractivity contribution in [2.45, 2.75) is 20.4 Å². The van der Waals surface area contributed by atoms with E-state index in [2.05, 4.69) is 38.1 Å². The zero-order valence-electron chi connectivity index (χ0n) is 7.09. The van der Waals surface area contributed by atoms with E-state index in [1.165, 1.54) is 17.0 Å². The predicted molar refractivity (Wildman–Crippen MR) is 48.0 cm³/mol. The van der Waals surface area contributed by atoms with Gasteiger partial charge in [0.1, 0.15) is 0 Å². The number of nitrogens with two attached hydrogens (primary N) is 1. The SMILES string of the molecule is C[C](C)c1ccc(CN)cc1. The van der Waals surface area contributed by atoms with Gasteiger partial charge in [-0.3, -0.25) is 0 Å². The predicted octanol–water partition coefficient (Wildman–Crippen LogP) is 2.11. The first-order valence-electron chi connectivity index (χ1n) is 3.83. The maximum atomic E-state index is 5.47. The lowest BCUT2D eigenvalue weighted by Crippen LogP contribution is -1.96. The van der Waals surface area contributed by atoms with Gasteiger partial charge in [0.2, 0.25) is 0 Å². The molecule has 1 rings (SSSR count). The summed E-state index contributed by atoms with van der Waals surface area (Å²) in [4.78, 5) is 0. The lowest BCUT2D eigenvalue weighted by molar-refractivity contribution is 1.06. The molecule has 0 saturated heterocycles. The van der Waals surface area contributed by atoms with E-state index in [-0.39, 0.29) is 0 Å². The van der Waals surface area contributed by atoms with E-state index >= 15 is 0 Å². The molecule has 11 heavy (non-hydrogen) atoms. The topological polar surface area (TPSA) is 26.0 Å². The van der Waals surface area contributed by atoms with Gasteiger partial charge in [0.25, 0.3) is 0 Å². The summed E-state index contributed by atoms with van der Waals surface area (Å²) >= 11 is 0. The Morgan fingerprint density at radius 3 is 2.09 bits per heavy atom. The number of rotatable bonds is 2. The average Bonchev–Trinajstić information content (AvgIpc) is 2.05. The molecule has 0 heterocycles. The van der Waals surface area contributed by atoms with Crippen LogP contribution in [0.5, 0.6) is 0 Å². The summed E-state index contributed by atoms with van der Waals surface area (Å²) in [7, 11) is 0. The van der Waals surface area contributed by atoms with Crippen molar-refractivity contribution >= 4 is 0 Å². The zero-order chi connectivity index (χ0) is 8.27. The Bertz CT molecular complexity index is 211. The van der Waals surface area contributed by atoms with Crippen molar-refractivity contribution < 1.29 is 0 Å². The second kappa shape index (κ2) is 3.54. The number of hydrogen-bond acceptors (Lipinski definition) is 1. The fourth-order valence-corrected chi connectivity index (χ4v) is 0.974. The third-order valence-corrected chi connectivity index (χ3v) is 1.77. The van der Waals surface area contributed by atoms with Crippen molar-refractivity contribution in [2.24, 2.45) is 5.73 Å². The average molecular weight is 148 g/mol. The fourth-order valence-electron chi connectivity index (χ4n) is 0.974. The van der Waals surface area contributed by atoms with Crippen molar-refractivity contribution in [3.05, 3.63) is 41.3 Å². The molecule has 0 fully saturated rings. The maximum absolute atomic E-state index is 5.47. The van der Waals surface area contributed by atoms with E-state index in [0.29, 0.717) is 6.54 Å². The van der Waals surface area contributed by atoms with E-state index < -0.39 is 0 Å². The highest BCUT2D eigenvalue weighted by molar-refractivity contribution is 5.31. The van der Waals surface area contributed by atoms with Crippen molar-refractivity contribution in [1.29, 1.82) is 0 Å². The van der Waals surface area contributed by atoms with Crippen molar-refractivity contribution in [3.63, 3.8) is 0 Å². The highest BCUT2D eigenvalue weighted by atomic mass is 14.5. The molecule has 0 aliphatic heterocycles. The van der Waals surface area contributed by atoms with Crippen LogP contribution in [0.25, 0.3) is 0 Å². The van der Waals surface area contributed by atoms with Crippen LogP contribution in [0.4, 0.5) is 0 Å². The summed E-state index contributed by atoms with van der Waals surface area (Å²) in [6, 6.07) is 8.36. The highest BCUT2D eigenvalue weighted by Crippen LogP contribution is 2.13. The standard InChI is InChI=1S/C10H14N/c1-8(2)10-5-3-9(7-11)4-6-10/h3-6H,7,11H2,1-2H3. The van der Waals surface area contributed by atoms with Crippen LogP contribution in [0, 0.1) is 5.92 Å². The minimum Gasteiger partial charge on any atom is -0.326 e. The lowest BCUT2D eigenvalue weighted by atomic mass is 10.0. The fraction of sp³-hybridized carbons (Fsp3) is 0.300. The smallest absolute Gasteiger partial charge is 0.0178 e. The largest absolute Gasteiger partial charge is 0.326 e. The molecule has 0 spiro atoms. The van der Waals surface area contributed by atoms with Crippen LogP contribution in [-0.2, 0) is 6.54 Å². The molecule has 0 amide bonds. The summed E-state index contributed by atoms with van der Waals surface area (Å²) in [6.45, 7) is 4.85. The van der Waals surface area contributed by atoms with Gasteiger partial charge < -0.3 is 5.73 Å². The van der Waals surface area contributed by atoms with E-state index in [1.807, 2.05) is 0 Å². The lowest BCUT2D eigenvalue weighted by Gasteiger charge is -2.04. The Hall–Kier alpha value is -0.820. The third-order valence-electron chi connectivity index (χ3n) is 1.77. The third kappa shape index (κ3) is 2.05. The molecule has 0 aliphatic rings. The van der Waals surface area contributed by atoms with E-state index in [9.17, 15) is 0 Å². The van der Waals surface area contributed by atoms with Crippen molar-refractivity contribution in [3.8, 4) is 0 Å². The van der Waals surface area contributed by atoms with Crippen LogP contribution in [0.1, 0.15) is 25.0 Å². The van der Waals surface area contributed by atoms with Crippen LogP contribution < -0.4 is 5.73 Å². The van der Waals surface area contributed by atoms with Crippen LogP contribution >= 0.6 is 0 Å². The zero-order valence-corrected chi connectivity index (χ0v) is 7.09. The molecule has 1 aromatic carbocycles. The second-order valence-electron chi connectivity index (χ2n) is 2.90. The van der Waals surface area contributed by atoms with Crippen LogP contribution in [0.15, 0.2) is 24.3 Å². The minimum absolute atomic E-state index is 0.628. The molecule has 0 aliphatic carbocycles. The molecule has 1 heteroatoms. The molecule has 0 aromatic heterocycles. The van der Waals surface area contributed by atoms with Gasteiger partial charge in [-0.25, -0.2) is 0 Å². The number of benzene rings is 1. The Labute approximate surface area is 68.2 Å². The first-order chi connectivity index (χ1) is 5.24. The summed E-state index contributed by atoms with van der Waals surface area (Å²) in [5, 5.41) is 0. The summed E-state index contributed by atoms with van der Waals surface area (Å²) in [6.07, 6.45) is 0. The second-order valence-corrected chi connectivity index (χ2v) is 2.90. The molecule has 0 atom stereocenters. The van der Waals surface area contributed by atoms with Gasteiger partial charge in [0.05, 0.1) is 0 Å². The molecule has 1 radical (unpaired) electrons. The molecular formula is C10H14N. The van der Waals surface area contributed by atoms with Gasteiger partial charge in [-0.05, 0) is 17.0 Å². The van der Waals surface area contributed by atoms with Crippen LogP contribution in [0.2, 0.25) is 0 Å². The molecular weight excluding hydrogens is 134 g/mol. The van der Waals surface area contributed by atoms with Crippen LogP contribution in [0.3, 0.4) is 0 Å². The van der Waals surface area contributed by atoms with Gasteiger partial charge >= 0.3 is 0 Å². The van der Waals surface area contributed by atoms with E-state index in [0.717, 1.165) is 0 Å². The monoisotopic (exact) mass is 148 g/mol. The van der Waals surface area contributed by atoms with Gasteiger partial charge in [-0.1, -0.05) is 38.1 Å². The Balaban J connectivity index is 2.83. The summed E-state index contributed by atoms with van der Waals surface area (Å²) < 4.78 is 0.